The number of urea groups is 1. The fraction of sp³-hybridized carbons (Fsp3) is 0.100. The van der Waals surface area contributed by atoms with E-state index in [4.69, 9.17) is 11.5 Å². The Labute approximate surface area is 97.2 Å². The quantitative estimate of drug-likeness (QED) is 0.508. The number of primary amides is 2. The third-order valence-corrected chi connectivity index (χ3v) is 1.88. The van der Waals surface area contributed by atoms with E-state index in [1.807, 2.05) is 0 Å². The smallest absolute Gasteiger partial charge is 0.320 e. The number of amides is 4. The van der Waals surface area contributed by atoms with Crippen LogP contribution in [0.3, 0.4) is 0 Å². The minimum absolute atomic E-state index is 0.512. The maximum absolute atomic E-state index is 11.4. The lowest BCUT2D eigenvalue weighted by molar-refractivity contribution is -0.128. The number of anilines is 1. The number of hydrogen-bond acceptors (Lipinski definition) is 3. The van der Waals surface area contributed by atoms with Gasteiger partial charge < -0.3 is 22.1 Å². The number of carbonyl (C=O) groups excluding carboxylic acids is 3. The monoisotopic (exact) mass is 236 g/mol. The molecule has 0 saturated heterocycles. The van der Waals surface area contributed by atoms with Crippen molar-refractivity contribution in [3.63, 3.8) is 0 Å². The van der Waals surface area contributed by atoms with Crippen molar-refractivity contribution in [3.05, 3.63) is 30.3 Å². The van der Waals surface area contributed by atoms with E-state index in [9.17, 15) is 14.4 Å². The van der Waals surface area contributed by atoms with E-state index < -0.39 is 23.9 Å². The lowest BCUT2D eigenvalue weighted by atomic mass is 10.2. The average Bonchev–Trinajstić information content (AvgIpc) is 2.26. The molecular formula is C10H12N4O3. The largest absolute Gasteiger partial charge is 0.367 e. The Morgan fingerprint density at radius 3 is 2.00 bits per heavy atom. The highest BCUT2D eigenvalue weighted by Gasteiger charge is 2.23. The molecule has 0 atom stereocenters. The lowest BCUT2D eigenvalue weighted by Crippen LogP contribution is -2.53. The van der Waals surface area contributed by atoms with Gasteiger partial charge in [0.15, 0.2) is 6.04 Å². The predicted molar refractivity (Wildman–Crippen MR) is 60.8 cm³/mol. The Bertz CT molecular complexity index is 418. The van der Waals surface area contributed by atoms with E-state index in [0.29, 0.717) is 5.69 Å². The minimum Gasteiger partial charge on any atom is -0.367 e. The number of benzene rings is 1. The Balaban J connectivity index is 2.60. The maximum Gasteiger partial charge on any atom is 0.320 e. The summed E-state index contributed by atoms with van der Waals surface area (Å²) in [5, 5.41) is 4.48. The molecule has 1 rings (SSSR count). The van der Waals surface area contributed by atoms with E-state index >= 15 is 0 Å². The molecule has 4 amide bonds. The number of nitrogens with two attached hydrogens (primary N) is 2. The zero-order valence-corrected chi connectivity index (χ0v) is 8.84. The van der Waals surface area contributed by atoms with Gasteiger partial charge in [-0.1, -0.05) is 18.2 Å². The molecule has 0 spiro atoms. The van der Waals surface area contributed by atoms with Crippen LogP contribution in [-0.2, 0) is 9.59 Å². The number of rotatable bonds is 4. The second kappa shape index (κ2) is 5.50. The molecule has 1 aromatic carbocycles. The van der Waals surface area contributed by atoms with Crippen LogP contribution in [0.1, 0.15) is 0 Å². The molecule has 0 aliphatic carbocycles. The van der Waals surface area contributed by atoms with Crippen molar-refractivity contribution in [2.45, 2.75) is 6.04 Å². The van der Waals surface area contributed by atoms with Crippen molar-refractivity contribution in [3.8, 4) is 0 Å². The molecular weight excluding hydrogens is 224 g/mol. The van der Waals surface area contributed by atoms with Gasteiger partial charge in [0.25, 0.3) is 0 Å². The molecule has 0 aliphatic heterocycles. The van der Waals surface area contributed by atoms with Crippen molar-refractivity contribution in [1.29, 1.82) is 0 Å². The van der Waals surface area contributed by atoms with Gasteiger partial charge in [0.05, 0.1) is 0 Å². The molecule has 0 fully saturated rings. The third kappa shape index (κ3) is 3.82. The number of carbonyl (C=O) groups is 3. The molecule has 1 aromatic rings. The summed E-state index contributed by atoms with van der Waals surface area (Å²) >= 11 is 0. The first kappa shape index (κ1) is 12.5. The first-order chi connectivity index (χ1) is 8.00. The molecule has 17 heavy (non-hydrogen) atoms. The summed E-state index contributed by atoms with van der Waals surface area (Å²) in [5.41, 5.74) is 10.3. The van der Waals surface area contributed by atoms with Crippen LogP contribution in [0.25, 0.3) is 0 Å². The molecule has 6 N–H and O–H groups in total. The van der Waals surface area contributed by atoms with E-state index in [1.54, 1.807) is 30.3 Å². The Hall–Kier alpha value is -2.57. The summed E-state index contributed by atoms with van der Waals surface area (Å²) in [6.07, 6.45) is 0. The van der Waals surface area contributed by atoms with Crippen LogP contribution in [0, 0.1) is 0 Å². The van der Waals surface area contributed by atoms with Gasteiger partial charge in [0.2, 0.25) is 11.8 Å². The highest BCUT2D eigenvalue weighted by molar-refractivity contribution is 6.06. The summed E-state index contributed by atoms with van der Waals surface area (Å²) in [6.45, 7) is 0. The van der Waals surface area contributed by atoms with Crippen LogP contribution < -0.4 is 22.1 Å². The van der Waals surface area contributed by atoms with Gasteiger partial charge in [-0.15, -0.1) is 0 Å². The van der Waals surface area contributed by atoms with Crippen molar-refractivity contribution in [2.24, 2.45) is 11.5 Å². The zero-order chi connectivity index (χ0) is 12.8. The fourth-order valence-electron chi connectivity index (χ4n) is 1.10. The standard InChI is InChI=1S/C10H12N4O3/c11-8(15)7(9(12)16)14-10(17)13-6-4-2-1-3-5-6/h1-5,7H,(H2,11,15)(H2,12,16)(H2,13,14,17). The second-order valence-electron chi connectivity index (χ2n) is 3.20. The first-order valence-corrected chi connectivity index (χ1v) is 4.72. The average molecular weight is 236 g/mol. The molecule has 7 heteroatoms. The van der Waals surface area contributed by atoms with Gasteiger partial charge in [0, 0.05) is 5.69 Å². The summed E-state index contributed by atoms with van der Waals surface area (Å²) in [4.78, 5) is 33.0. The first-order valence-electron chi connectivity index (χ1n) is 4.72. The molecule has 0 heterocycles. The normalized spacial score (nSPS) is 9.71. The third-order valence-electron chi connectivity index (χ3n) is 1.88. The van der Waals surface area contributed by atoms with Crippen molar-refractivity contribution >= 4 is 23.5 Å². The highest BCUT2D eigenvalue weighted by atomic mass is 16.2. The van der Waals surface area contributed by atoms with Gasteiger partial charge in [-0.05, 0) is 12.1 Å². The Morgan fingerprint density at radius 1 is 1.00 bits per heavy atom. The van der Waals surface area contributed by atoms with Gasteiger partial charge in [0.1, 0.15) is 0 Å². The summed E-state index contributed by atoms with van der Waals surface area (Å²) in [5.74, 6) is -2.03. The van der Waals surface area contributed by atoms with Crippen LogP contribution in [0.4, 0.5) is 10.5 Å². The van der Waals surface area contributed by atoms with Gasteiger partial charge in [-0.2, -0.15) is 0 Å². The van der Waals surface area contributed by atoms with Crippen molar-refractivity contribution < 1.29 is 14.4 Å². The number of para-hydroxylation sites is 1. The Morgan fingerprint density at radius 2 is 1.53 bits per heavy atom. The minimum atomic E-state index is -1.53. The van der Waals surface area contributed by atoms with Crippen molar-refractivity contribution in [2.75, 3.05) is 5.32 Å². The second-order valence-corrected chi connectivity index (χ2v) is 3.20. The molecule has 0 radical (unpaired) electrons. The Kier molecular flexibility index (Phi) is 4.04. The fourth-order valence-corrected chi connectivity index (χ4v) is 1.10. The molecule has 0 saturated carbocycles. The summed E-state index contributed by atoms with van der Waals surface area (Å²) in [7, 11) is 0. The van der Waals surface area contributed by atoms with Crippen molar-refractivity contribution in [1.82, 2.24) is 5.32 Å². The topological polar surface area (TPSA) is 127 Å². The van der Waals surface area contributed by atoms with Crippen LogP contribution in [-0.4, -0.2) is 23.9 Å². The molecule has 90 valence electrons. The molecule has 0 aromatic heterocycles. The van der Waals surface area contributed by atoms with E-state index in [-0.39, 0.29) is 0 Å². The molecule has 0 unspecified atom stereocenters. The van der Waals surface area contributed by atoms with Crippen LogP contribution in [0.15, 0.2) is 30.3 Å². The molecule has 7 nitrogen and oxygen atoms in total. The SMILES string of the molecule is NC(=O)C(NC(=O)Nc1ccccc1)C(N)=O. The van der Waals surface area contributed by atoms with Crippen LogP contribution in [0.2, 0.25) is 0 Å². The van der Waals surface area contributed by atoms with Gasteiger partial charge >= 0.3 is 6.03 Å². The highest BCUT2D eigenvalue weighted by Crippen LogP contribution is 2.04. The molecule has 0 bridgehead atoms. The lowest BCUT2D eigenvalue weighted by Gasteiger charge is -2.12. The maximum atomic E-state index is 11.4. The number of hydrogen-bond donors (Lipinski definition) is 4. The predicted octanol–water partition coefficient (Wildman–Crippen LogP) is -0.853. The summed E-state index contributed by atoms with van der Waals surface area (Å²) < 4.78 is 0. The molecule has 0 aliphatic rings. The zero-order valence-electron chi connectivity index (χ0n) is 8.84. The van der Waals surface area contributed by atoms with Crippen LogP contribution >= 0.6 is 0 Å². The van der Waals surface area contributed by atoms with E-state index in [0.717, 1.165) is 0 Å². The van der Waals surface area contributed by atoms with Gasteiger partial charge in [-0.3, -0.25) is 9.59 Å². The van der Waals surface area contributed by atoms with Crippen LogP contribution in [0.5, 0.6) is 0 Å². The number of nitrogens with one attached hydrogen (secondary N) is 2. The van der Waals surface area contributed by atoms with E-state index in [1.165, 1.54) is 0 Å². The van der Waals surface area contributed by atoms with Gasteiger partial charge in [-0.25, -0.2) is 4.79 Å². The van der Waals surface area contributed by atoms with E-state index in [2.05, 4.69) is 10.6 Å². The summed E-state index contributed by atoms with van der Waals surface area (Å²) in [6, 6.07) is 6.23.